The van der Waals surface area contributed by atoms with Gasteiger partial charge < -0.3 is 15.3 Å². The van der Waals surface area contributed by atoms with Gasteiger partial charge in [-0.25, -0.2) is 4.79 Å². The van der Waals surface area contributed by atoms with E-state index in [0.29, 0.717) is 12.0 Å². The van der Waals surface area contributed by atoms with Crippen molar-refractivity contribution in [2.24, 2.45) is 0 Å². The normalized spacial score (nSPS) is 13.2. The van der Waals surface area contributed by atoms with Crippen molar-refractivity contribution in [1.29, 1.82) is 0 Å². The molecular weight excluding hydrogens is 220 g/mol. The molecule has 0 aromatic heterocycles. The third kappa shape index (κ3) is 8.42. The lowest BCUT2D eigenvalue weighted by atomic mass is 10.2. The number of hydrogen-bond acceptors (Lipinski definition) is 3. The van der Waals surface area contributed by atoms with Gasteiger partial charge in [0, 0.05) is 0 Å². The second-order valence-electron chi connectivity index (χ2n) is 4.10. The number of carboxylic acids is 1. The van der Waals surface area contributed by atoms with Gasteiger partial charge in [0.05, 0.1) is 17.8 Å². The molecule has 0 fully saturated rings. The first-order valence-corrected chi connectivity index (χ1v) is 5.49. The van der Waals surface area contributed by atoms with Crippen LogP contribution in [0.1, 0.15) is 36.2 Å². The molecule has 0 bridgehead atoms. The van der Waals surface area contributed by atoms with E-state index in [1.165, 1.54) is 0 Å². The highest BCUT2D eigenvalue weighted by Gasteiger charge is 1.99. The third-order valence-electron chi connectivity index (χ3n) is 1.98. The number of aliphatic hydroxyl groups excluding tert-OH is 2. The van der Waals surface area contributed by atoms with E-state index in [9.17, 15) is 4.79 Å². The van der Waals surface area contributed by atoms with Crippen molar-refractivity contribution in [3.05, 3.63) is 35.4 Å². The first kappa shape index (κ1) is 15.6. The number of benzene rings is 1. The second kappa shape index (κ2) is 7.81. The fraction of sp³-hybridized carbons (Fsp3) is 0.462. The first-order chi connectivity index (χ1) is 7.82. The Kier molecular flexibility index (Phi) is 7.18. The van der Waals surface area contributed by atoms with Crippen LogP contribution in [0.15, 0.2) is 24.3 Å². The monoisotopic (exact) mass is 240 g/mol. The van der Waals surface area contributed by atoms with Gasteiger partial charge in [0.2, 0.25) is 0 Å². The maximum Gasteiger partial charge on any atom is 0.335 e. The number of aromatic carboxylic acids is 1. The van der Waals surface area contributed by atoms with Gasteiger partial charge >= 0.3 is 5.97 Å². The number of aliphatic hydroxyl groups is 2. The Morgan fingerprint density at radius 3 is 1.76 bits per heavy atom. The van der Waals surface area contributed by atoms with Crippen LogP contribution in [-0.2, 0) is 0 Å². The van der Waals surface area contributed by atoms with Gasteiger partial charge in [0.1, 0.15) is 0 Å². The average Bonchev–Trinajstić information content (AvgIpc) is 2.16. The van der Waals surface area contributed by atoms with Crippen LogP contribution in [-0.4, -0.2) is 33.5 Å². The zero-order valence-electron chi connectivity index (χ0n) is 10.4. The van der Waals surface area contributed by atoms with E-state index in [2.05, 4.69) is 0 Å². The SMILES string of the molecule is CC(O)CC(C)O.Cc1ccc(C(=O)O)cc1. The quantitative estimate of drug-likeness (QED) is 0.753. The molecule has 1 rings (SSSR count). The first-order valence-electron chi connectivity index (χ1n) is 5.49. The largest absolute Gasteiger partial charge is 0.478 e. The molecular formula is C13H20O4. The van der Waals surface area contributed by atoms with E-state index in [1.54, 1.807) is 38.1 Å². The van der Waals surface area contributed by atoms with Crippen molar-refractivity contribution >= 4 is 5.97 Å². The minimum Gasteiger partial charge on any atom is -0.478 e. The van der Waals surface area contributed by atoms with Crippen molar-refractivity contribution in [1.82, 2.24) is 0 Å². The van der Waals surface area contributed by atoms with Crippen molar-refractivity contribution in [3.8, 4) is 0 Å². The van der Waals surface area contributed by atoms with Gasteiger partial charge in [-0.15, -0.1) is 0 Å². The number of carbonyl (C=O) groups is 1. The van der Waals surface area contributed by atoms with Crippen LogP contribution < -0.4 is 0 Å². The molecule has 2 atom stereocenters. The highest BCUT2D eigenvalue weighted by Crippen LogP contribution is 2.01. The van der Waals surface area contributed by atoms with Gasteiger partial charge in [0.25, 0.3) is 0 Å². The molecule has 0 aliphatic rings. The standard InChI is InChI=1S/C8H8O2.C5H12O2/c1-6-2-4-7(5-3-6)8(9)10;1-4(6)3-5(2)7/h2-5H,1H3,(H,9,10);4-7H,3H2,1-2H3. The van der Waals surface area contributed by atoms with Crippen LogP contribution in [0.5, 0.6) is 0 Å². The zero-order chi connectivity index (χ0) is 13.4. The Hall–Kier alpha value is -1.39. The summed E-state index contributed by atoms with van der Waals surface area (Å²) in [5, 5.41) is 25.6. The summed E-state index contributed by atoms with van der Waals surface area (Å²) in [5.74, 6) is -0.875. The average molecular weight is 240 g/mol. The molecule has 0 aliphatic carbocycles. The summed E-state index contributed by atoms with van der Waals surface area (Å²) >= 11 is 0. The molecule has 4 heteroatoms. The Bertz CT molecular complexity index is 322. The molecule has 0 saturated carbocycles. The topological polar surface area (TPSA) is 77.8 Å². The summed E-state index contributed by atoms with van der Waals surface area (Å²) in [6, 6.07) is 6.75. The molecule has 0 amide bonds. The number of rotatable bonds is 3. The van der Waals surface area contributed by atoms with E-state index in [4.69, 9.17) is 15.3 Å². The van der Waals surface area contributed by atoms with Crippen LogP contribution in [0, 0.1) is 6.92 Å². The highest BCUT2D eigenvalue weighted by atomic mass is 16.4. The Morgan fingerprint density at radius 2 is 1.53 bits per heavy atom. The molecule has 1 aromatic carbocycles. The number of carboxylic acid groups (broad SMARTS) is 1. The predicted octanol–water partition coefficient (Wildman–Crippen LogP) is 1.83. The molecule has 0 radical (unpaired) electrons. The molecule has 0 heterocycles. The molecule has 1 aromatic rings. The molecule has 0 aliphatic heterocycles. The Balaban J connectivity index is 0.000000325. The summed E-state index contributed by atoms with van der Waals surface area (Å²) in [5.41, 5.74) is 1.41. The van der Waals surface area contributed by atoms with Gasteiger partial charge in [-0.3, -0.25) is 0 Å². The summed E-state index contributed by atoms with van der Waals surface area (Å²) in [6.07, 6.45) is -0.278. The van der Waals surface area contributed by atoms with Crippen molar-refractivity contribution in [2.75, 3.05) is 0 Å². The number of hydrogen-bond donors (Lipinski definition) is 3. The van der Waals surface area contributed by atoms with E-state index in [-0.39, 0.29) is 12.2 Å². The lowest BCUT2D eigenvalue weighted by Gasteiger charge is -2.04. The van der Waals surface area contributed by atoms with Crippen molar-refractivity contribution < 1.29 is 20.1 Å². The summed E-state index contributed by atoms with van der Waals surface area (Å²) < 4.78 is 0. The van der Waals surface area contributed by atoms with Crippen LogP contribution in [0.2, 0.25) is 0 Å². The molecule has 3 N–H and O–H groups in total. The molecule has 0 saturated heterocycles. The minimum absolute atomic E-state index is 0.339. The Morgan fingerprint density at radius 1 is 1.12 bits per heavy atom. The summed E-state index contributed by atoms with van der Waals surface area (Å²) in [6.45, 7) is 5.24. The molecule has 17 heavy (non-hydrogen) atoms. The van der Waals surface area contributed by atoms with E-state index in [0.717, 1.165) is 5.56 Å². The summed E-state index contributed by atoms with van der Waals surface area (Å²) in [4.78, 5) is 10.3. The van der Waals surface area contributed by atoms with Gasteiger partial charge in [-0.05, 0) is 39.3 Å². The fourth-order valence-electron chi connectivity index (χ4n) is 1.19. The van der Waals surface area contributed by atoms with Crippen LogP contribution in [0.4, 0.5) is 0 Å². The smallest absolute Gasteiger partial charge is 0.335 e. The van der Waals surface area contributed by atoms with Gasteiger partial charge in [-0.1, -0.05) is 17.7 Å². The minimum atomic E-state index is -0.875. The van der Waals surface area contributed by atoms with Gasteiger partial charge in [-0.2, -0.15) is 0 Å². The van der Waals surface area contributed by atoms with Crippen LogP contribution in [0.3, 0.4) is 0 Å². The van der Waals surface area contributed by atoms with E-state index in [1.807, 2.05) is 6.92 Å². The highest BCUT2D eigenvalue weighted by molar-refractivity contribution is 5.87. The number of aryl methyl sites for hydroxylation is 1. The maximum absolute atomic E-state index is 10.3. The lowest BCUT2D eigenvalue weighted by Crippen LogP contribution is -2.10. The Labute approximate surface area is 102 Å². The predicted molar refractivity (Wildman–Crippen MR) is 66.1 cm³/mol. The van der Waals surface area contributed by atoms with Crippen molar-refractivity contribution in [2.45, 2.75) is 39.4 Å². The molecule has 96 valence electrons. The fourth-order valence-corrected chi connectivity index (χ4v) is 1.19. The maximum atomic E-state index is 10.3. The molecule has 4 nitrogen and oxygen atoms in total. The van der Waals surface area contributed by atoms with E-state index >= 15 is 0 Å². The third-order valence-corrected chi connectivity index (χ3v) is 1.98. The zero-order valence-corrected chi connectivity index (χ0v) is 10.4. The van der Waals surface area contributed by atoms with Crippen LogP contribution in [0.25, 0.3) is 0 Å². The second-order valence-corrected chi connectivity index (χ2v) is 4.10. The summed E-state index contributed by atoms with van der Waals surface area (Å²) in [7, 11) is 0. The van der Waals surface area contributed by atoms with Crippen LogP contribution >= 0.6 is 0 Å². The van der Waals surface area contributed by atoms with E-state index < -0.39 is 5.97 Å². The van der Waals surface area contributed by atoms with Crippen molar-refractivity contribution in [3.63, 3.8) is 0 Å². The molecule has 2 unspecified atom stereocenters. The lowest BCUT2D eigenvalue weighted by molar-refractivity contribution is 0.0696. The molecule has 0 spiro atoms. The van der Waals surface area contributed by atoms with Gasteiger partial charge in [0.15, 0.2) is 0 Å².